The zero-order valence-corrected chi connectivity index (χ0v) is 20.1. The van der Waals surface area contributed by atoms with Crippen molar-refractivity contribution < 1.29 is 38.4 Å². The predicted molar refractivity (Wildman–Crippen MR) is 124 cm³/mol. The number of ether oxygens (including phenoxy) is 5. The number of piperidine rings is 1. The summed E-state index contributed by atoms with van der Waals surface area (Å²) in [6.45, 7) is 0.333. The van der Waals surface area contributed by atoms with E-state index in [1.165, 1.54) is 21.3 Å². The second-order valence-corrected chi connectivity index (χ2v) is 7.91. The molecule has 9 nitrogen and oxygen atoms in total. The molecule has 34 heavy (non-hydrogen) atoms. The van der Waals surface area contributed by atoms with E-state index in [1.54, 1.807) is 31.3 Å². The zero-order chi connectivity index (χ0) is 24.8. The lowest BCUT2D eigenvalue weighted by Crippen LogP contribution is -2.46. The highest BCUT2D eigenvalue weighted by Gasteiger charge is 2.41. The second-order valence-electron chi connectivity index (χ2n) is 7.91. The van der Waals surface area contributed by atoms with Crippen LogP contribution in [0.15, 0.2) is 30.3 Å². The number of carboxylic acids is 1. The number of carboxylic acid groups (broad SMARTS) is 1. The van der Waals surface area contributed by atoms with E-state index in [4.69, 9.17) is 23.7 Å². The summed E-state index contributed by atoms with van der Waals surface area (Å²) in [5, 5.41) is 9.98. The first-order chi connectivity index (χ1) is 16.4. The maximum atomic E-state index is 13.0. The average Bonchev–Trinajstić information content (AvgIpc) is 2.86. The monoisotopic (exact) mass is 473 g/mol. The Kier molecular flexibility index (Phi) is 8.09. The van der Waals surface area contributed by atoms with Crippen molar-refractivity contribution in [3.05, 3.63) is 41.5 Å². The van der Waals surface area contributed by atoms with Gasteiger partial charge in [0.2, 0.25) is 11.7 Å². The van der Waals surface area contributed by atoms with E-state index in [0.717, 1.165) is 5.56 Å². The van der Waals surface area contributed by atoms with Crippen molar-refractivity contribution in [3.8, 4) is 28.7 Å². The number of hydrogen-bond acceptors (Lipinski definition) is 7. The van der Waals surface area contributed by atoms with Gasteiger partial charge >= 0.3 is 5.97 Å². The molecule has 1 N–H and O–H groups in total. The van der Waals surface area contributed by atoms with Gasteiger partial charge in [-0.3, -0.25) is 9.59 Å². The third-order valence-corrected chi connectivity index (χ3v) is 6.14. The van der Waals surface area contributed by atoms with Crippen LogP contribution in [-0.4, -0.2) is 64.0 Å². The summed E-state index contributed by atoms with van der Waals surface area (Å²) < 4.78 is 27.0. The lowest BCUT2D eigenvalue weighted by atomic mass is 9.83. The first-order valence-corrected chi connectivity index (χ1v) is 10.9. The number of amides is 1. The standard InChI is InChI=1S/C25H31NO8/c1-30-18-8-6-15(12-19(18)31-2)10-11-26-22(27)9-7-17(25(28)29)23(26)16-13-20(32-3)24(34-5)21(14-16)33-4/h6,8,12-14,17,23H,7,9-11H2,1-5H3,(H,28,29)/t17-,23+/m1/s1. The molecular formula is C25H31NO8. The van der Waals surface area contributed by atoms with Gasteiger partial charge in [0, 0.05) is 13.0 Å². The van der Waals surface area contributed by atoms with Gasteiger partial charge in [-0.25, -0.2) is 0 Å². The van der Waals surface area contributed by atoms with Crippen molar-refractivity contribution in [2.45, 2.75) is 25.3 Å². The molecule has 1 heterocycles. The van der Waals surface area contributed by atoms with Crippen molar-refractivity contribution >= 4 is 11.9 Å². The molecule has 2 aromatic carbocycles. The Balaban J connectivity index is 1.99. The molecule has 1 amide bonds. The molecule has 184 valence electrons. The largest absolute Gasteiger partial charge is 0.493 e. The summed E-state index contributed by atoms with van der Waals surface area (Å²) in [5.74, 6) is 0.582. The molecule has 3 rings (SSSR count). The maximum Gasteiger partial charge on any atom is 0.308 e. The van der Waals surface area contributed by atoms with Crippen molar-refractivity contribution in [1.82, 2.24) is 4.90 Å². The van der Waals surface area contributed by atoms with E-state index in [0.29, 0.717) is 47.3 Å². The summed E-state index contributed by atoms with van der Waals surface area (Å²) in [4.78, 5) is 26.9. The van der Waals surface area contributed by atoms with Gasteiger partial charge in [0.15, 0.2) is 23.0 Å². The van der Waals surface area contributed by atoms with Crippen LogP contribution in [0.5, 0.6) is 28.7 Å². The predicted octanol–water partition coefficient (Wildman–Crippen LogP) is 3.34. The molecule has 0 radical (unpaired) electrons. The highest BCUT2D eigenvalue weighted by molar-refractivity contribution is 5.82. The molecule has 1 fully saturated rings. The van der Waals surface area contributed by atoms with Crippen molar-refractivity contribution in [2.75, 3.05) is 42.1 Å². The van der Waals surface area contributed by atoms with E-state index in [1.807, 2.05) is 18.2 Å². The molecule has 0 bridgehead atoms. The molecule has 2 aromatic rings. The lowest BCUT2D eigenvalue weighted by Gasteiger charge is -2.40. The van der Waals surface area contributed by atoms with Gasteiger partial charge in [0.05, 0.1) is 47.5 Å². The number of likely N-dealkylation sites (tertiary alicyclic amines) is 1. The minimum Gasteiger partial charge on any atom is -0.493 e. The van der Waals surface area contributed by atoms with Crippen LogP contribution >= 0.6 is 0 Å². The quantitative estimate of drug-likeness (QED) is 0.560. The number of carbonyl (C=O) groups excluding carboxylic acids is 1. The molecule has 1 aliphatic heterocycles. The summed E-state index contributed by atoms with van der Waals surface area (Å²) in [6.07, 6.45) is 0.936. The molecular weight excluding hydrogens is 442 g/mol. The summed E-state index contributed by atoms with van der Waals surface area (Å²) >= 11 is 0. The second kappa shape index (κ2) is 11.0. The van der Waals surface area contributed by atoms with Crippen LogP contribution in [0.2, 0.25) is 0 Å². The van der Waals surface area contributed by atoms with Crippen molar-refractivity contribution in [1.29, 1.82) is 0 Å². The van der Waals surface area contributed by atoms with Gasteiger partial charge in [0.1, 0.15) is 0 Å². The van der Waals surface area contributed by atoms with Crippen LogP contribution in [-0.2, 0) is 16.0 Å². The first kappa shape index (κ1) is 25.0. The average molecular weight is 474 g/mol. The van der Waals surface area contributed by atoms with Crippen LogP contribution < -0.4 is 23.7 Å². The number of rotatable bonds is 10. The van der Waals surface area contributed by atoms with Gasteiger partial charge < -0.3 is 33.7 Å². The SMILES string of the molecule is COc1ccc(CCN2C(=O)CC[C@@H](C(=O)O)[C@@H]2c2cc(OC)c(OC)c(OC)c2)cc1OC. The van der Waals surface area contributed by atoms with E-state index in [2.05, 4.69) is 0 Å². The molecule has 1 saturated heterocycles. The fourth-order valence-electron chi connectivity index (χ4n) is 4.45. The van der Waals surface area contributed by atoms with E-state index in [9.17, 15) is 14.7 Å². The Morgan fingerprint density at radius 3 is 2.06 bits per heavy atom. The van der Waals surface area contributed by atoms with E-state index < -0.39 is 17.9 Å². The van der Waals surface area contributed by atoms with Crippen LogP contribution in [0.4, 0.5) is 0 Å². The van der Waals surface area contributed by atoms with Crippen molar-refractivity contribution in [2.24, 2.45) is 5.92 Å². The van der Waals surface area contributed by atoms with E-state index in [-0.39, 0.29) is 18.7 Å². The Hall–Kier alpha value is -3.62. The fraction of sp³-hybridized carbons (Fsp3) is 0.440. The van der Waals surface area contributed by atoms with Crippen LogP contribution in [0.3, 0.4) is 0 Å². The number of benzene rings is 2. The Morgan fingerprint density at radius 2 is 1.53 bits per heavy atom. The Morgan fingerprint density at radius 1 is 0.912 bits per heavy atom. The number of aliphatic carboxylic acids is 1. The lowest BCUT2D eigenvalue weighted by molar-refractivity contribution is -0.152. The normalized spacial score (nSPS) is 17.8. The van der Waals surface area contributed by atoms with Gasteiger partial charge in [-0.05, 0) is 48.2 Å². The molecule has 0 aliphatic carbocycles. The molecule has 1 aliphatic rings. The minimum absolute atomic E-state index is 0.100. The van der Waals surface area contributed by atoms with Gasteiger partial charge in [-0.1, -0.05) is 6.07 Å². The summed E-state index contributed by atoms with van der Waals surface area (Å²) in [6, 6.07) is 8.30. The molecule has 0 unspecified atom stereocenters. The molecule has 0 aromatic heterocycles. The summed E-state index contributed by atoms with van der Waals surface area (Å²) in [7, 11) is 7.62. The third-order valence-electron chi connectivity index (χ3n) is 6.14. The first-order valence-electron chi connectivity index (χ1n) is 10.9. The van der Waals surface area contributed by atoms with Crippen molar-refractivity contribution in [3.63, 3.8) is 0 Å². The van der Waals surface area contributed by atoms with E-state index >= 15 is 0 Å². The van der Waals surface area contributed by atoms with Crippen LogP contribution in [0, 0.1) is 5.92 Å². The number of methoxy groups -OCH3 is 5. The van der Waals surface area contributed by atoms with Crippen LogP contribution in [0.25, 0.3) is 0 Å². The van der Waals surface area contributed by atoms with Gasteiger partial charge in [-0.2, -0.15) is 0 Å². The molecule has 0 saturated carbocycles. The highest BCUT2D eigenvalue weighted by Crippen LogP contribution is 2.44. The fourth-order valence-corrected chi connectivity index (χ4v) is 4.45. The Bertz CT molecular complexity index is 1010. The third kappa shape index (κ3) is 4.98. The minimum atomic E-state index is -0.956. The molecule has 0 spiro atoms. The zero-order valence-electron chi connectivity index (χ0n) is 20.1. The highest BCUT2D eigenvalue weighted by atomic mass is 16.5. The van der Waals surface area contributed by atoms with Gasteiger partial charge in [-0.15, -0.1) is 0 Å². The Labute approximate surface area is 199 Å². The summed E-state index contributed by atoms with van der Waals surface area (Å²) in [5.41, 5.74) is 1.55. The number of nitrogens with zero attached hydrogens (tertiary/aromatic N) is 1. The maximum absolute atomic E-state index is 13.0. The molecule has 2 atom stereocenters. The van der Waals surface area contributed by atoms with Crippen LogP contribution in [0.1, 0.15) is 30.0 Å². The smallest absolute Gasteiger partial charge is 0.308 e. The van der Waals surface area contributed by atoms with Gasteiger partial charge in [0.25, 0.3) is 0 Å². The number of hydrogen-bond donors (Lipinski definition) is 1. The topological polar surface area (TPSA) is 104 Å². The number of carbonyl (C=O) groups is 2. The molecule has 9 heteroatoms.